The quantitative estimate of drug-likeness (QED) is 0.694. The third-order valence-corrected chi connectivity index (χ3v) is 6.62. The van der Waals surface area contributed by atoms with Crippen LogP contribution in [0.1, 0.15) is 31.7 Å². The number of aromatic nitrogens is 4. The lowest BCUT2D eigenvalue weighted by atomic mass is 9.79. The van der Waals surface area contributed by atoms with Crippen LogP contribution in [0, 0.1) is 23.7 Å². The van der Waals surface area contributed by atoms with Crippen molar-refractivity contribution in [1.29, 1.82) is 0 Å². The molecule has 0 amide bonds. The smallest absolute Gasteiger partial charge is 0.300 e. The van der Waals surface area contributed by atoms with Gasteiger partial charge in [-0.05, 0) is 61.5 Å². The van der Waals surface area contributed by atoms with Gasteiger partial charge in [-0.2, -0.15) is 9.61 Å². The van der Waals surface area contributed by atoms with Crippen LogP contribution in [0.25, 0.3) is 16.7 Å². The molecule has 4 saturated carbocycles. The van der Waals surface area contributed by atoms with E-state index in [1.54, 1.807) is 12.4 Å². The second kappa shape index (κ2) is 4.02. The Bertz CT molecular complexity index is 999. The van der Waals surface area contributed by atoms with Gasteiger partial charge in [-0.1, -0.05) is 0 Å². The zero-order valence-corrected chi connectivity index (χ0v) is 12.8. The Hall–Kier alpha value is -2.17. The average Bonchev–Trinajstić information content (AvgIpc) is 3.22. The Balaban J connectivity index is 1.72. The fourth-order valence-electron chi connectivity index (χ4n) is 6.03. The molecule has 0 N–H and O–H groups in total. The van der Waals surface area contributed by atoms with Gasteiger partial charge in [0.1, 0.15) is 5.65 Å². The van der Waals surface area contributed by atoms with Crippen molar-refractivity contribution in [3.05, 3.63) is 40.9 Å². The lowest BCUT2D eigenvalue weighted by Crippen LogP contribution is -2.30. The van der Waals surface area contributed by atoms with Crippen molar-refractivity contribution in [3.63, 3.8) is 0 Å². The number of hydrogen-bond acceptors (Lipinski definition) is 3. The molecule has 5 unspecified atom stereocenters. The summed E-state index contributed by atoms with van der Waals surface area (Å²) in [6.07, 6.45) is 8.93. The number of rotatable bonds is 1. The molecule has 0 aliphatic heterocycles. The SMILES string of the molecule is O=c1c2ncccc2n(C2C3CC4CC(C3)C2C4)c2ccnn12. The van der Waals surface area contributed by atoms with Crippen LogP contribution in [0.15, 0.2) is 35.4 Å². The first-order valence-corrected chi connectivity index (χ1v) is 8.64. The van der Waals surface area contributed by atoms with Gasteiger partial charge in [-0.25, -0.2) is 4.98 Å². The molecule has 23 heavy (non-hydrogen) atoms. The highest BCUT2D eigenvalue weighted by Gasteiger charge is 2.54. The largest absolute Gasteiger partial charge is 0.320 e. The minimum absolute atomic E-state index is 0.107. The summed E-state index contributed by atoms with van der Waals surface area (Å²) in [5.74, 6) is 3.35. The second-order valence-electron chi connectivity index (χ2n) is 7.63. The maximum absolute atomic E-state index is 12.7. The minimum Gasteiger partial charge on any atom is -0.320 e. The van der Waals surface area contributed by atoms with E-state index in [-0.39, 0.29) is 5.56 Å². The third-order valence-electron chi connectivity index (χ3n) is 6.62. The van der Waals surface area contributed by atoms with E-state index < -0.39 is 0 Å². The Labute approximate surface area is 132 Å². The van der Waals surface area contributed by atoms with Crippen LogP contribution in [-0.2, 0) is 0 Å². The summed E-state index contributed by atoms with van der Waals surface area (Å²) < 4.78 is 3.93. The van der Waals surface area contributed by atoms with E-state index in [0.717, 1.165) is 34.8 Å². The first kappa shape index (κ1) is 12.3. The zero-order valence-electron chi connectivity index (χ0n) is 12.8. The van der Waals surface area contributed by atoms with E-state index in [4.69, 9.17) is 0 Å². The van der Waals surface area contributed by atoms with Crippen LogP contribution in [0.5, 0.6) is 0 Å². The first-order chi connectivity index (χ1) is 11.3. The van der Waals surface area contributed by atoms with E-state index >= 15 is 0 Å². The summed E-state index contributed by atoms with van der Waals surface area (Å²) in [7, 11) is 0. The van der Waals surface area contributed by atoms with Crippen molar-refractivity contribution >= 4 is 16.7 Å². The van der Waals surface area contributed by atoms with Gasteiger partial charge in [0, 0.05) is 18.3 Å². The van der Waals surface area contributed by atoms with Gasteiger partial charge < -0.3 is 4.57 Å². The minimum atomic E-state index is -0.107. The topological polar surface area (TPSA) is 52.2 Å². The molecule has 0 aromatic carbocycles. The fourth-order valence-corrected chi connectivity index (χ4v) is 6.03. The van der Waals surface area contributed by atoms with Crippen LogP contribution < -0.4 is 5.56 Å². The number of fused-ring (bicyclic) bond motifs is 2. The van der Waals surface area contributed by atoms with Crippen LogP contribution >= 0.6 is 0 Å². The summed E-state index contributed by atoms with van der Waals surface area (Å²) >= 11 is 0. The standard InChI is InChI=1S/C18H18N4O/c23-18-16-14(2-1-4-19-16)21(15-3-5-20-22(15)18)17-12-7-10-6-11(9-12)13(17)8-10/h1-5,10-13,17H,6-9H2. The molecule has 3 aromatic heterocycles. The molecule has 5 nitrogen and oxygen atoms in total. The highest BCUT2D eigenvalue weighted by molar-refractivity contribution is 5.76. The van der Waals surface area contributed by atoms with Crippen molar-refractivity contribution in [3.8, 4) is 0 Å². The molecule has 3 heterocycles. The van der Waals surface area contributed by atoms with Crippen molar-refractivity contribution in [1.82, 2.24) is 19.2 Å². The maximum Gasteiger partial charge on any atom is 0.300 e. The molecule has 0 spiro atoms. The van der Waals surface area contributed by atoms with Gasteiger partial charge in [-0.3, -0.25) is 4.79 Å². The maximum atomic E-state index is 12.7. The van der Waals surface area contributed by atoms with Gasteiger partial charge >= 0.3 is 5.56 Å². The predicted molar refractivity (Wildman–Crippen MR) is 86.2 cm³/mol. The Morgan fingerprint density at radius 2 is 1.96 bits per heavy atom. The molecule has 116 valence electrons. The van der Waals surface area contributed by atoms with E-state index in [1.807, 2.05) is 12.1 Å². The van der Waals surface area contributed by atoms with Gasteiger partial charge in [0.25, 0.3) is 0 Å². The molecule has 5 atom stereocenters. The number of nitrogens with zero attached hydrogens (tertiary/aromatic N) is 4. The summed E-state index contributed by atoms with van der Waals surface area (Å²) in [6, 6.07) is 6.47. The van der Waals surface area contributed by atoms with Gasteiger partial charge in [0.2, 0.25) is 0 Å². The van der Waals surface area contributed by atoms with Crippen LogP contribution in [0.2, 0.25) is 0 Å². The highest BCUT2D eigenvalue weighted by atomic mass is 16.1. The monoisotopic (exact) mass is 306 g/mol. The van der Waals surface area contributed by atoms with Gasteiger partial charge in [0.15, 0.2) is 5.52 Å². The molecule has 0 radical (unpaired) electrons. The van der Waals surface area contributed by atoms with Gasteiger partial charge in [-0.15, -0.1) is 0 Å². The van der Waals surface area contributed by atoms with E-state index in [2.05, 4.69) is 20.7 Å². The number of pyridine rings is 1. The molecular formula is C18H18N4O. The molecule has 7 rings (SSSR count). The van der Waals surface area contributed by atoms with E-state index in [0.29, 0.717) is 11.6 Å². The van der Waals surface area contributed by atoms with Crippen LogP contribution in [0.3, 0.4) is 0 Å². The van der Waals surface area contributed by atoms with Gasteiger partial charge in [0.05, 0.1) is 11.7 Å². The Morgan fingerprint density at radius 3 is 2.87 bits per heavy atom. The Kier molecular flexibility index (Phi) is 2.14. The third kappa shape index (κ3) is 1.41. The molecule has 4 aliphatic carbocycles. The zero-order chi connectivity index (χ0) is 15.1. The van der Waals surface area contributed by atoms with Crippen LogP contribution in [-0.4, -0.2) is 19.2 Å². The lowest BCUT2D eigenvalue weighted by Gasteiger charge is -2.35. The number of hydrogen-bond donors (Lipinski definition) is 0. The van der Waals surface area contributed by atoms with E-state index in [1.165, 1.54) is 30.2 Å². The predicted octanol–water partition coefficient (Wildman–Crippen LogP) is 2.65. The summed E-state index contributed by atoms with van der Waals surface area (Å²) in [5, 5.41) is 4.27. The van der Waals surface area contributed by atoms with E-state index in [9.17, 15) is 4.79 Å². The summed E-state index contributed by atoms with van der Waals surface area (Å²) in [5.41, 5.74) is 2.34. The van der Waals surface area contributed by atoms with Crippen molar-refractivity contribution < 1.29 is 0 Å². The lowest BCUT2D eigenvalue weighted by molar-refractivity contribution is 0.205. The summed E-state index contributed by atoms with van der Waals surface area (Å²) in [4.78, 5) is 17.0. The van der Waals surface area contributed by atoms with Crippen LogP contribution in [0.4, 0.5) is 0 Å². The molecule has 4 aliphatic rings. The van der Waals surface area contributed by atoms with Crippen molar-refractivity contribution in [2.45, 2.75) is 31.7 Å². The average molecular weight is 306 g/mol. The highest BCUT2D eigenvalue weighted by Crippen LogP contribution is 2.63. The molecule has 4 fully saturated rings. The summed E-state index contributed by atoms with van der Waals surface area (Å²) in [6.45, 7) is 0. The first-order valence-electron chi connectivity index (χ1n) is 8.64. The molecular weight excluding hydrogens is 288 g/mol. The molecule has 0 saturated heterocycles. The second-order valence-corrected chi connectivity index (χ2v) is 7.63. The molecule has 5 heteroatoms. The molecule has 3 aromatic rings. The normalized spacial score (nSPS) is 34.9. The fraction of sp³-hybridized carbons (Fsp3) is 0.500. The van der Waals surface area contributed by atoms with Crippen molar-refractivity contribution in [2.75, 3.05) is 0 Å². The molecule has 4 bridgehead atoms. The van der Waals surface area contributed by atoms with Crippen molar-refractivity contribution in [2.24, 2.45) is 23.7 Å². The Morgan fingerprint density at radius 1 is 1.04 bits per heavy atom.